The zero-order valence-electron chi connectivity index (χ0n) is 8.82. The number of carbonyl (C=O) groups is 1. The van der Waals surface area contributed by atoms with Gasteiger partial charge in [0.25, 0.3) is 0 Å². The van der Waals surface area contributed by atoms with E-state index in [1.807, 2.05) is 18.2 Å². The number of hydrogen-bond acceptors (Lipinski definition) is 1. The molecular weight excluding hydrogens is 190 g/mol. The summed E-state index contributed by atoms with van der Waals surface area (Å²) >= 11 is 0. The highest BCUT2D eigenvalue weighted by Crippen LogP contribution is 2.20. The normalized spacial score (nSPS) is 10.8. The van der Waals surface area contributed by atoms with E-state index in [0.717, 1.165) is 17.3 Å². The van der Waals surface area contributed by atoms with Gasteiger partial charge in [-0.1, -0.05) is 19.1 Å². The molecule has 0 aliphatic rings. The van der Waals surface area contributed by atoms with Crippen LogP contribution >= 0.6 is 0 Å². The minimum absolute atomic E-state index is 0.332. The number of aromatic carboxylic acids is 1. The lowest BCUT2D eigenvalue weighted by atomic mass is 10.1. The molecule has 0 saturated heterocycles. The fourth-order valence-electron chi connectivity index (χ4n) is 1.80. The third-order valence-corrected chi connectivity index (χ3v) is 2.74. The Morgan fingerprint density at radius 3 is 2.73 bits per heavy atom. The predicted octanol–water partition coefficient (Wildman–Crippen LogP) is 2.44. The first-order valence-electron chi connectivity index (χ1n) is 4.95. The van der Waals surface area contributed by atoms with Gasteiger partial charge in [-0.25, -0.2) is 4.79 Å². The van der Waals surface area contributed by atoms with Crippen molar-refractivity contribution in [1.82, 2.24) is 4.57 Å². The van der Waals surface area contributed by atoms with Crippen LogP contribution < -0.4 is 0 Å². The first-order chi connectivity index (χ1) is 7.13. The van der Waals surface area contributed by atoms with E-state index in [9.17, 15) is 4.79 Å². The Hall–Kier alpha value is -1.77. The Morgan fingerprint density at radius 1 is 1.40 bits per heavy atom. The molecule has 0 aliphatic heterocycles. The third kappa shape index (κ3) is 1.50. The molecule has 3 nitrogen and oxygen atoms in total. The molecule has 0 spiro atoms. The van der Waals surface area contributed by atoms with E-state index in [-0.39, 0.29) is 0 Å². The molecule has 78 valence electrons. The van der Waals surface area contributed by atoms with Crippen molar-refractivity contribution in [2.45, 2.75) is 13.3 Å². The van der Waals surface area contributed by atoms with E-state index in [4.69, 9.17) is 5.11 Å². The molecule has 1 aromatic heterocycles. The van der Waals surface area contributed by atoms with Gasteiger partial charge in [0.1, 0.15) is 5.69 Å². The highest BCUT2D eigenvalue weighted by atomic mass is 16.4. The summed E-state index contributed by atoms with van der Waals surface area (Å²) in [6.07, 6.45) is 0.962. The Labute approximate surface area is 87.9 Å². The van der Waals surface area contributed by atoms with Gasteiger partial charge >= 0.3 is 5.97 Å². The summed E-state index contributed by atoms with van der Waals surface area (Å²) in [7, 11) is 1.78. The van der Waals surface area contributed by atoms with E-state index >= 15 is 0 Å². The molecule has 0 radical (unpaired) electrons. The van der Waals surface area contributed by atoms with Gasteiger partial charge < -0.3 is 9.67 Å². The summed E-state index contributed by atoms with van der Waals surface area (Å²) in [6.45, 7) is 2.09. The molecule has 0 unspecified atom stereocenters. The first kappa shape index (κ1) is 9.77. The molecule has 2 aromatic rings. The zero-order valence-corrected chi connectivity index (χ0v) is 8.82. The van der Waals surface area contributed by atoms with Crippen molar-refractivity contribution in [2.75, 3.05) is 0 Å². The first-order valence-corrected chi connectivity index (χ1v) is 4.95. The number of carboxylic acids is 1. The number of carboxylic acid groups (broad SMARTS) is 1. The average Bonchev–Trinajstić information content (AvgIpc) is 2.56. The van der Waals surface area contributed by atoms with Crippen LogP contribution in [0.3, 0.4) is 0 Å². The second-order valence-electron chi connectivity index (χ2n) is 3.64. The monoisotopic (exact) mass is 203 g/mol. The van der Waals surface area contributed by atoms with Crippen LogP contribution in [-0.4, -0.2) is 15.6 Å². The maximum atomic E-state index is 10.9. The van der Waals surface area contributed by atoms with Crippen LogP contribution in [0, 0.1) is 0 Å². The zero-order chi connectivity index (χ0) is 11.0. The Balaban J connectivity index is 2.72. The molecule has 3 heteroatoms. The number of rotatable bonds is 2. The minimum atomic E-state index is -0.883. The lowest BCUT2D eigenvalue weighted by molar-refractivity contribution is 0.0687. The smallest absolute Gasteiger partial charge is 0.352 e. The van der Waals surface area contributed by atoms with Gasteiger partial charge in [-0.05, 0) is 24.1 Å². The van der Waals surface area contributed by atoms with Crippen LogP contribution in [0.2, 0.25) is 0 Å². The number of nitrogens with zero attached hydrogens (tertiary/aromatic N) is 1. The van der Waals surface area contributed by atoms with Crippen LogP contribution in [0.4, 0.5) is 0 Å². The fraction of sp³-hybridized carbons (Fsp3) is 0.250. The van der Waals surface area contributed by atoms with E-state index in [1.165, 1.54) is 5.56 Å². The summed E-state index contributed by atoms with van der Waals surface area (Å²) in [6, 6.07) is 7.76. The highest BCUT2D eigenvalue weighted by molar-refractivity contribution is 5.94. The molecule has 15 heavy (non-hydrogen) atoms. The second kappa shape index (κ2) is 3.42. The van der Waals surface area contributed by atoms with Gasteiger partial charge in [0.15, 0.2) is 0 Å². The molecule has 0 saturated carbocycles. The van der Waals surface area contributed by atoms with Crippen molar-refractivity contribution < 1.29 is 9.90 Å². The summed E-state index contributed by atoms with van der Waals surface area (Å²) in [4.78, 5) is 10.9. The maximum Gasteiger partial charge on any atom is 0.352 e. The number of fused-ring (bicyclic) bond motifs is 1. The molecule has 0 fully saturated rings. The summed E-state index contributed by atoms with van der Waals surface area (Å²) < 4.78 is 1.72. The topological polar surface area (TPSA) is 42.2 Å². The van der Waals surface area contributed by atoms with Crippen LogP contribution in [0.1, 0.15) is 23.0 Å². The van der Waals surface area contributed by atoms with Gasteiger partial charge in [-0.15, -0.1) is 0 Å². The quantitative estimate of drug-likeness (QED) is 0.814. The van der Waals surface area contributed by atoms with Crippen molar-refractivity contribution in [3.63, 3.8) is 0 Å². The van der Waals surface area contributed by atoms with Gasteiger partial charge in [0.05, 0.1) is 0 Å². The summed E-state index contributed by atoms with van der Waals surface area (Å²) in [5.41, 5.74) is 2.53. The summed E-state index contributed by atoms with van der Waals surface area (Å²) in [5.74, 6) is -0.883. The van der Waals surface area contributed by atoms with Gasteiger partial charge in [-0.2, -0.15) is 0 Å². The SMILES string of the molecule is CCc1ccc2cc(C(=O)O)n(C)c2c1. The molecule has 1 aromatic carbocycles. The van der Waals surface area contributed by atoms with Crippen molar-refractivity contribution in [3.05, 3.63) is 35.5 Å². The van der Waals surface area contributed by atoms with Crippen LogP contribution in [0.25, 0.3) is 10.9 Å². The molecule has 1 heterocycles. The van der Waals surface area contributed by atoms with Gasteiger partial charge in [0.2, 0.25) is 0 Å². The van der Waals surface area contributed by atoms with Crippen molar-refractivity contribution in [2.24, 2.45) is 7.05 Å². The number of benzene rings is 1. The molecule has 0 bridgehead atoms. The van der Waals surface area contributed by atoms with E-state index in [1.54, 1.807) is 17.7 Å². The lowest BCUT2D eigenvalue weighted by Crippen LogP contribution is -2.03. The van der Waals surface area contributed by atoms with Crippen molar-refractivity contribution in [1.29, 1.82) is 0 Å². The van der Waals surface area contributed by atoms with Crippen molar-refractivity contribution in [3.8, 4) is 0 Å². The van der Waals surface area contributed by atoms with E-state index < -0.39 is 5.97 Å². The number of aromatic nitrogens is 1. The molecule has 0 aliphatic carbocycles. The van der Waals surface area contributed by atoms with E-state index in [0.29, 0.717) is 5.69 Å². The van der Waals surface area contributed by atoms with Crippen molar-refractivity contribution >= 4 is 16.9 Å². The summed E-state index contributed by atoms with van der Waals surface area (Å²) in [5, 5.41) is 9.95. The van der Waals surface area contributed by atoms with E-state index in [2.05, 4.69) is 6.92 Å². The van der Waals surface area contributed by atoms with Crippen LogP contribution in [0.5, 0.6) is 0 Å². The largest absolute Gasteiger partial charge is 0.477 e. The predicted molar refractivity (Wildman–Crippen MR) is 59.3 cm³/mol. The van der Waals surface area contributed by atoms with Crippen LogP contribution in [0.15, 0.2) is 24.3 Å². The third-order valence-electron chi connectivity index (χ3n) is 2.74. The Bertz CT molecular complexity index is 526. The Kier molecular flexibility index (Phi) is 2.23. The molecule has 2 rings (SSSR count). The molecule has 1 N–H and O–H groups in total. The Morgan fingerprint density at radius 2 is 2.13 bits per heavy atom. The molecule has 0 amide bonds. The van der Waals surface area contributed by atoms with Crippen LogP contribution in [-0.2, 0) is 13.5 Å². The maximum absolute atomic E-state index is 10.9. The van der Waals surface area contributed by atoms with Gasteiger partial charge in [0, 0.05) is 18.0 Å². The number of aryl methyl sites for hydroxylation is 2. The molecule has 0 atom stereocenters. The minimum Gasteiger partial charge on any atom is -0.477 e. The van der Waals surface area contributed by atoms with Gasteiger partial charge in [-0.3, -0.25) is 0 Å². The fourth-order valence-corrected chi connectivity index (χ4v) is 1.80. The number of hydrogen-bond donors (Lipinski definition) is 1. The average molecular weight is 203 g/mol. The lowest BCUT2D eigenvalue weighted by Gasteiger charge is -2.01. The molecular formula is C12H13NO2. The highest BCUT2D eigenvalue weighted by Gasteiger charge is 2.11. The second-order valence-corrected chi connectivity index (χ2v) is 3.64. The standard InChI is InChI=1S/C12H13NO2/c1-3-8-4-5-9-7-11(12(14)15)13(2)10(9)6-8/h4-7H,3H2,1-2H3,(H,14,15).